The monoisotopic (exact) mass is 291 g/mol. The van der Waals surface area contributed by atoms with Crippen molar-refractivity contribution in [1.82, 2.24) is 5.32 Å². The van der Waals surface area contributed by atoms with Crippen LogP contribution in [-0.2, 0) is 4.74 Å². The highest BCUT2D eigenvalue weighted by atomic mass is 19.4. The standard InChI is InChI=1S/C15H24F3NO/c1-2-19-14(12-6-4-8-20-10-12)11-5-3-7-13(9-11)15(16,17)18/h10-11,13-14,19H,2-9H2,1H3. The summed E-state index contributed by atoms with van der Waals surface area (Å²) in [6.45, 7) is 3.49. The minimum Gasteiger partial charge on any atom is -0.501 e. The summed E-state index contributed by atoms with van der Waals surface area (Å²) in [6.07, 6.45) is 1.70. The molecule has 2 rings (SSSR count). The number of rotatable bonds is 4. The van der Waals surface area contributed by atoms with E-state index in [9.17, 15) is 13.2 Å². The fourth-order valence-electron chi connectivity index (χ4n) is 3.46. The summed E-state index contributed by atoms with van der Waals surface area (Å²) >= 11 is 0. The van der Waals surface area contributed by atoms with Crippen molar-refractivity contribution in [3.63, 3.8) is 0 Å². The van der Waals surface area contributed by atoms with Crippen LogP contribution in [0.15, 0.2) is 11.8 Å². The number of likely N-dealkylation sites (N-methyl/N-ethyl adjacent to an activating group) is 1. The molecule has 20 heavy (non-hydrogen) atoms. The van der Waals surface area contributed by atoms with Gasteiger partial charge in [-0.25, -0.2) is 0 Å². The van der Waals surface area contributed by atoms with E-state index in [1.54, 1.807) is 6.26 Å². The van der Waals surface area contributed by atoms with Crippen LogP contribution >= 0.6 is 0 Å². The molecule has 3 atom stereocenters. The summed E-state index contributed by atoms with van der Waals surface area (Å²) < 4.78 is 44.2. The van der Waals surface area contributed by atoms with Crippen LogP contribution in [0.2, 0.25) is 0 Å². The lowest BCUT2D eigenvalue weighted by molar-refractivity contribution is -0.186. The average Bonchev–Trinajstić information content (AvgIpc) is 2.45. The molecule has 1 aliphatic heterocycles. The number of halogens is 3. The highest BCUT2D eigenvalue weighted by Crippen LogP contribution is 2.42. The molecular weight excluding hydrogens is 267 g/mol. The molecule has 1 fully saturated rings. The van der Waals surface area contributed by atoms with Gasteiger partial charge >= 0.3 is 6.18 Å². The molecule has 0 amide bonds. The summed E-state index contributed by atoms with van der Waals surface area (Å²) in [4.78, 5) is 0. The zero-order valence-electron chi connectivity index (χ0n) is 12.0. The molecule has 0 aromatic carbocycles. The average molecular weight is 291 g/mol. The Morgan fingerprint density at radius 1 is 1.35 bits per heavy atom. The van der Waals surface area contributed by atoms with E-state index in [1.165, 1.54) is 0 Å². The smallest absolute Gasteiger partial charge is 0.391 e. The molecule has 1 saturated carbocycles. The summed E-state index contributed by atoms with van der Waals surface area (Å²) in [6, 6.07) is 0.0467. The Hall–Kier alpha value is -0.710. The number of ether oxygens (including phenoxy) is 1. The molecule has 0 aromatic heterocycles. The van der Waals surface area contributed by atoms with Crippen molar-refractivity contribution in [3.05, 3.63) is 11.8 Å². The van der Waals surface area contributed by atoms with Gasteiger partial charge in [0.1, 0.15) is 0 Å². The Kier molecular flexibility index (Phi) is 5.35. The van der Waals surface area contributed by atoms with Gasteiger partial charge in [0.2, 0.25) is 0 Å². The fraction of sp³-hybridized carbons (Fsp3) is 0.867. The predicted octanol–water partition coefficient (Wildman–Crippen LogP) is 4.03. The van der Waals surface area contributed by atoms with Crippen molar-refractivity contribution < 1.29 is 17.9 Å². The SMILES string of the molecule is CCNC(C1=COCCC1)C1CCCC(C(F)(F)F)C1. The topological polar surface area (TPSA) is 21.3 Å². The van der Waals surface area contributed by atoms with Crippen LogP contribution in [0.1, 0.15) is 45.4 Å². The summed E-state index contributed by atoms with van der Waals surface area (Å²) in [5.74, 6) is -1.06. The Labute approximate surface area is 118 Å². The molecule has 0 spiro atoms. The van der Waals surface area contributed by atoms with Crippen LogP contribution in [0, 0.1) is 11.8 Å². The van der Waals surface area contributed by atoms with Crippen LogP contribution in [0.25, 0.3) is 0 Å². The van der Waals surface area contributed by atoms with Gasteiger partial charge in [0.15, 0.2) is 0 Å². The quantitative estimate of drug-likeness (QED) is 0.844. The third kappa shape index (κ3) is 3.90. The first-order valence-electron chi connectivity index (χ1n) is 7.63. The molecule has 1 heterocycles. The van der Waals surface area contributed by atoms with Gasteiger partial charge in [-0.2, -0.15) is 13.2 Å². The molecule has 0 radical (unpaired) electrons. The third-order valence-corrected chi connectivity index (χ3v) is 4.43. The first kappa shape index (κ1) is 15.7. The van der Waals surface area contributed by atoms with E-state index in [2.05, 4.69) is 5.32 Å². The van der Waals surface area contributed by atoms with Crippen molar-refractivity contribution >= 4 is 0 Å². The van der Waals surface area contributed by atoms with Gasteiger partial charge in [-0.05, 0) is 50.1 Å². The molecule has 0 bridgehead atoms. The second-order valence-corrected chi connectivity index (χ2v) is 5.87. The third-order valence-electron chi connectivity index (χ3n) is 4.43. The van der Waals surface area contributed by atoms with Crippen LogP contribution in [0.5, 0.6) is 0 Å². The maximum atomic E-state index is 12.9. The van der Waals surface area contributed by atoms with Crippen LogP contribution < -0.4 is 5.32 Å². The van der Waals surface area contributed by atoms with E-state index >= 15 is 0 Å². The number of hydrogen-bond donors (Lipinski definition) is 1. The summed E-state index contributed by atoms with van der Waals surface area (Å²) in [7, 11) is 0. The molecule has 1 N–H and O–H groups in total. The molecular formula is C15H24F3NO. The Morgan fingerprint density at radius 3 is 2.75 bits per heavy atom. The van der Waals surface area contributed by atoms with Crippen LogP contribution in [0.4, 0.5) is 13.2 Å². The lowest BCUT2D eigenvalue weighted by atomic mass is 9.75. The van der Waals surface area contributed by atoms with Gasteiger partial charge in [0, 0.05) is 6.04 Å². The lowest BCUT2D eigenvalue weighted by Gasteiger charge is -2.37. The fourth-order valence-corrected chi connectivity index (χ4v) is 3.46. The largest absolute Gasteiger partial charge is 0.501 e. The molecule has 1 aliphatic carbocycles. The van der Waals surface area contributed by atoms with Crippen molar-refractivity contribution in [2.75, 3.05) is 13.2 Å². The minimum absolute atomic E-state index is 0.0467. The first-order chi connectivity index (χ1) is 9.52. The normalized spacial score (nSPS) is 29.5. The maximum Gasteiger partial charge on any atom is 0.391 e. The van der Waals surface area contributed by atoms with Crippen molar-refractivity contribution in [1.29, 1.82) is 0 Å². The Morgan fingerprint density at radius 2 is 2.15 bits per heavy atom. The van der Waals surface area contributed by atoms with Gasteiger partial charge in [0.05, 0.1) is 18.8 Å². The minimum atomic E-state index is -4.05. The summed E-state index contributed by atoms with van der Waals surface area (Å²) in [5.41, 5.74) is 1.14. The van der Waals surface area contributed by atoms with E-state index in [1.807, 2.05) is 6.92 Å². The Balaban J connectivity index is 2.06. The molecule has 0 saturated heterocycles. The second-order valence-electron chi connectivity index (χ2n) is 5.87. The molecule has 0 aromatic rings. The number of hydrogen-bond acceptors (Lipinski definition) is 2. The molecule has 5 heteroatoms. The van der Waals surface area contributed by atoms with Gasteiger partial charge in [-0.3, -0.25) is 0 Å². The van der Waals surface area contributed by atoms with Gasteiger partial charge in [0.25, 0.3) is 0 Å². The molecule has 116 valence electrons. The van der Waals surface area contributed by atoms with Crippen molar-refractivity contribution in [2.45, 2.75) is 57.7 Å². The summed E-state index contributed by atoms with van der Waals surface area (Å²) in [5, 5.41) is 3.38. The van der Waals surface area contributed by atoms with E-state index < -0.39 is 12.1 Å². The lowest BCUT2D eigenvalue weighted by Crippen LogP contribution is -2.42. The highest BCUT2D eigenvalue weighted by molar-refractivity contribution is 5.12. The molecule has 3 unspecified atom stereocenters. The predicted molar refractivity (Wildman–Crippen MR) is 72.2 cm³/mol. The van der Waals surface area contributed by atoms with Crippen molar-refractivity contribution in [3.8, 4) is 0 Å². The second kappa shape index (κ2) is 6.83. The van der Waals surface area contributed by atoms with E-state index in [0.717, 1.165) is 38.0 Å². The van der Waals surface area contributed by atoms with Gasteiger partial charge in [-0.15, -0.1) is 0 Å². The van der Waals surface area contributed by atoms with Gasteiger partial charge < -0.3 is 10.1 Å². The number of alkyl halides is 3. The first-order valence-corrected chi connectivity index (χ1v) is 7.63. The number of nitrogens with one attached hydrogen (secondary N) is 1. The zero-order chi connectivity index (χ0) is 14.6. The van der Waals surface area contributed by atoms with E-state index in [0.29, 0.717) is 6.42 Å². The Bertz CT molecular complexity index is 341. The maximum absolute atomic E-state index is 12.9. The van der Waals surface area contributed by atoms with Gasteiger partial charge in [-0.1, -0.05) is 13.3 Å². The van der Waals surface area contributed by atoms with Crippen LogP contribution in [-0.4, -0.2) is 25.4 Å². The van der Waals surface area contributed by atoms with E-state index in [4.69, 9.17) is 4.74 Å². The van der Waals surface area contributed by atoms with Crippen molar-refractivity contribution in [2.24, 2.45) is 11.8 Å². The molecule has 2 aliphatic rings. The molecule has 2 nitrogen and oxygen atoms in total. The zero-order valence-corrected chi connectivity index (χ0v) is 12.0. The van der Waals surface area contributed by atoms with E-state index in [-0.39, 0.29) is 24.8 Å². The van der Waals surface area contributed by atoms with Crippen LogP contribution in [0.3, 0.4) is 0 Å². The highest BCUT2D eigenvalue weighted by Gasteiger charge is 2.43.